The molecule has 0 radical (unpaired) electrons. The molecule has 4 heteroatoms. The first-order valence-electron chi connectivity index (χ1n) is 6.82. The van der Waals surface area contributed by atoms with E-state index in [1.165, 1.54) is 18.4 Å². The fourth-order valence-corrected chi connectivity index (χ4v) is 2.63. The van der Waals surface area contributed by atoms with Crippen LogP contribution >= 0.6 is 0 Å². The molecule has 0 aliphatic heterocycles. The second-order valence-electron chi connectivity index (χ2n) is 5.56. The Balaban J connectivity index is 2.07. The van der Waals surface area contributed by atoms with Crippen molar-refractivity contribution in [3.8, 4) is 0 Å². The maximum atomic E-state index is 11.1. The molecule has 2 rings (SSSR count). The van der Waals surface area contributed by atoms with Crippen LogP contribution in [-0.4, -0.2) is 30.4 Å². The molecule has 1 amide bonds. The Bertz CT molecular complexity index is 468. The molecule has 1 unspecified atom stereocenters. The highest BCUT2D eigenvalue weighted by Gasteiger charge is 2.32. The quantitative estimate of drug-likeness (QED) is 0.810. The molecule has 1 atom stereocenters. The third-order valence-electron chi connectivity index (χ3n) is 4.02. The number of nitrogens with two attached hydrogens (primary N) is 2. The molecule has 19 heavy (non-hydrogen) atoms. The van der Waals surface area contributed by atoms with Crippen LogP contribution in [0.4, 0.5) is 0 Å². The van der Waals surface area contributed by atoms with Gasteiger partial charge in [0.1, 0.15) is 0 Å². The minimum Gasteiger partial charge on any atom is -0.366 e. The lowest BCUT2D eigenvalue weighted by Crippen LogP contribution is -2.39. The lowest BCUT2D eigenvalue weighted by Gasteiger charge is -2.27. The predicted octanol–water partition coefficient (Wildman–Crippen LogP) is 1.26. The van der Waals surface area contributed by atoms with Gasteiger partial charge in [-0.2, -0.15) is 0 Å². The molecule has 1 aliphatic rings. The standard InChI is InChI=1S/C15H23N3O/c1-10-7-12(15(17)19)5-6-13(10)9-18(2)14(8-16)11-3-4-11/h5-7,11,14H,3-4,8-9,16H2,1-2H3,(H2,17,19). The predicted molar refractivity (Wildman–Crippen MR) is 76.7 cm³/mol. The molecule has 1 aromatic rings. The average Bonchev–Trinajstić information content (AvgIpc) is 3.17. The van der Waals surface area contributed by atoms with Crippen molar-refractivity contribution in [3.63, 3.8) is 0 Å². The second-order valence-corrected chi connectivity index (χ2v) is 5.56. The summed E-state index contributed by atoms with van der Waals surface area (Å²) in [5.74, 6) is 0.390. The number of rotatable bonds is 6. The number of hydrogen-bond acceptors (Lipinski definition) is 3. The third kappa shape index (κ3) is 3.33. The van der Waals surface area contributed by atoms with E-state index in [-0.39, 0.29) is 5.91 Å². The molecular weight excluding hydrogens is 238 g/mol. The highest BCUT2D eigenvalue weighted by atomic mass is 16.1. The van der Waals surface area contributed by atoms with Crippen molar-refractivity contribution in [3.05, 3.63) is 34.9 Å². The van der Waals surface area contributed by atoms with Crippen LogP contribution in [0.25, 0.3) is 0 Å². The molecule has 0 heterocycles. The zero-order valence-electron chi connectivity index (χ0n) is 11.7. The molecule has 4 nitrogen and oxygen atoms in total. The molecule has 1 aliphatic carbocycles. The number of carbonyl (C=O) groups excluding carboxylic acids is 1. The number of likely N-dealkylation sites (N-methyl/N-ethyl adjacent to an activating group) is 1. The van der Waals surface area contributed by atoms with Gasteiger partial charge >= 0.3 is 0 Å². The van der Waals surface area contributed by atoms with Crippen molar-refractivity contribution in [2.45, 2.75) is 32.4 Å². The Morgan fingerprint density at radius 1 is 1.47 bits per heavy atom. The molecule has 0 saturated heterocycles. The summed E-state index contributed by atoms with van der Waals surface area (Å²) < 4.78 is 0. The van der Waals surface area contributed by atoms with Gasteiger partial charge in [0, 0.05) is 24.7 Å². The maximum absolute atomic E-state index is 11.1. The average molecular weight is 261 g/mol. The van der Waals surface area contributed by atoms with Crippen molar-refractivity contribution >= 4 is 5.91 Å². The van der Waals surface area contributed by atoms with Crippen LogP contribution in [-0.2, 0) is 6.54 Å². The van der Waals surface area contributed by atoms with Gasteiger partial charge in [-0.05, 0) is 56.0 Å². The van der Waals surface area contributed by atoms with E-state index >= 15 is 0 Å². The van der Waals surface area contributed by atoms with Gasteiger partial charge < -0.3 is 11.5 Å². The van der Waals surface area contributed by atoms with Crippen molar-refractivity contribution in [2.24, 2.45) is 17.4 Å². The van der Waals surface area contributed by atoms with Crippen molar-refractivity contribution in [2.75, 3.05) is 13.6 Å². The van der Waals surface area contributed by atoms with Gasteiger partial charge in [0.2, 0.25) is 5.91 Å². The largest absolute Gasteiger partial charge is 0.366 e. The van der Waals surface area contributed by atoms with Crippen LogP contribution in [0.2, 0.25) is 0 Å². The van der Waals surface area contributed by atoms with Crippen LogP contribution < -0.4 is 11.5 Å². The number of carbonyl (C=O) groups is 1. The first-order chi connectivity index (χ1) is 9.02. The normalized spacial score (nSPS) is 16.6. The van der Waals surface area contributed by atoms with Gasteiger partial charge in [-0.15, -0.1) is 0 Å². The van der Waals surface area contributed by atoms with E-state index in [2.05, 4.69) is 11.9 Å². The molecule has 0 spiro atoms. The van der Waals surface area contributed by atoms with E-state index < -0.39 is 0 Å². The zero-order chi connectivity index (χ0) is 14.0. The third-order valence-corrected chi connectivity index (χ3v) is 4.02. The van der Waals surface area contributed by atoms with Crippen LogP contribution in [0.5, 0.6) is 0 Å². The lowest BCUT2D eigenvalue weighted by molar-refractivity contribution is 0.1000. The van der Waals surface area contributed by atoms with E-state index in [9.17, 15) is 4.79 Å². The minimum absolute atomic E-state index is 0.374. The summed E-state index contributed by atoms with van der Waals surface area (Å²) in [6.07, 6.45) is 2.59. The van der Waals surface area contributed by atoms with Gasteiger partial charge in [0.25, 0.3) is 0 Å². The molecule has 4 N–H and O–H groups in total. The summed E-state index contributed by atoms with van der Waals surface area (Å²) in [6.45, 7) is 3.59. The minimum atomic E-state index is -0.374. The fraction of sp³-hybridized carbons (Fsp3) is 0.533. The Morgan fingerprint density at radius 2 is 2.16 bits per heavy atom. The Hall–Kier alpha value is -1.39. The molecule has 0 bridgehead atoms. The van der Waals surface area contributed by atoms with E-state index in [1.807, 2.05) is 19.1 Å². The maximum Gasteiger partial charge on any atom is 0.248 e. The number of aryl methyl sites for hydroxylation is 1. The number of amides is 1. The van der Waals surface area contributed by atoms with Gasteiger partial charge in [-0.3, -0.25) is 9.69 Å². The number of hydrogen-bond donors (Lipinski definition) is 2. The first kappa shape index (κ1) is 14.0. The topological polar surface area (TPSA) is 72.4 Å². The summed E-state index contributed by atoms with van der Waals surface area (Å²) in [5, 5.41) is 0. The molecule has 1 saturated carbocycles. The van der Waals surface area contributed by atoms with Crippen molar-refractivity contribution in [1.29, 1.82) is 0 Å². The summed E-state index contributed by atoms with van der Waals surface area (Å²) in [5.41, 5.74) is 14.1. The monoisotopic (exact) mass is 261 g/mol. The molecule has 1 aromatic carbocycles. The van der Waals surface area contributed by atoms with Gasteiger partial charge in [-0.1, -0.05) is 6.07 Å². The van der Waals surface area contributed by atoms with Crippen molar-refractivity contribution < 1.29 is 4.79 Å². The Kier molecular flexibility index (Phi) is 4.22. The summed E-state index contributed by atoms with van der Waals surface area (Å²) in [6, 6.07) is 6.12. The summed E-state index contributed by atoms with van der Waals surface area (Å²) >= 11 is 0. The second kappa shape index (κ2) is 5.72. The Morgan fingerprint density at radius 3 is 2.63 bits per heavy atom. The van der Waals surface area contributed by atoms with Crippen molar-refractivity contribution in [1.82, 2.24) is 4.90 Å². The number of benzene rings is 1. The number of primary amides is 1. The van der Waals surface area contributed by atoms with E-state index in [4.69, 9.17) is 11.5 Å². The highest BCUT2D eigenvalue weighted by Crippen LogP contribution is 2.35. The fourth-order valence-electron chi connectivity index (χ4n) is 2.63. The van der Waals surface area contributed by atoms with Crippen LogP contribution in [0.15, 0.2) is 18.2 Å². The highest BCUT2D eigenvalue weighted by molar-refractivity contribution is 5.93. The first-order valence-corrected chi connectivity index (χ1v) is 6.82. The smallest absolute Gasteiger partial charge is 0.248 e. The van der Waals surface area contributed by atoms with Crippen LogP contribution in [0.3, 0.4) is 0 Å². The van der Waals surface area contributed by atoms with Gasteiger partial charge in [0.15, 0.2) is 0 Å². The summed E-state index contributed by atoms with van der Waals surface area (Å²) in [4.78, 5) is 13.5. The lowest BCUT2D eigenvalue weighted by atomic mass is 10.0. The molecule has 0 aromatic heterocycles. The summed E-state index contributed by atoms with van der Waals surface area (Å²) in [7, 11) is 2.12. The SMILES string of the molecule is Cc1cc(C(N)=O)ccc1CN(C)C(CN)C1CC1. The van der Waals surface area contributed by atoms with Crippen LogP contribution in [0.1, 0.15) is 34.3 Å². The molecule has 1 fully saturated rings. The molecular formula is C15H23N3O. The van der Waals surface area contributed by atoms with E-state index in [1.54, 1.807) is 6.07 Å². The van der Waals surface area contributed by atoms with Crippen LogP contribution in [0, 0.1) is 12.8 Å². The zero-order valence-corrected chi connectivity index (χ0v) is 11.7. The van der Waals surface area contributed by atoms with Gasteiger partial charge in [-0.25, -0.2) is 0 Å². The van der Waals surface area contributed by atoms with E-state index in [0.29, 0.717) is 18.2 Å². The van der Waals surface area contributed by atoms with Gasteiger partial charge in [0.05, 0.1) is 0 Å². The number of nitrogens with zero attached hydrogens (tertiary/aromatic N) is 1. The van der Waals surface area contributed by atoms with E-state index in [0.717, 1.165) is 18.0 Å². The Labute approximate surface area is 114 Å². The molecule has 104 valence electrons.